The van der Waals surface area contributed by atoms with Crippen LogP contribution in [0.2, 0.25) is 0 Å². The highest BCUT2D eigenvalue weighted by atomic mass is 16.4. The molecule has 1 aromatic rings. The zero-order chi connectivity index (χ0) is 14.5. The van der Waals surface area contributed by atoms with E-state index < -0.39 is 5.97 Å². The van der Waals surface area contributed by atoms with Crippen LogP contribution in [0.5, 0.6) is 0 Å². The second-order valence-electron chi connectivity index (χ2n) is 4.68. The number of hydrogen-bond donors (Lipinski definition) is 2. The van der Waals surface area contributed by atoms with E-state index in [-0.39, 0.29) is 11.6 Å². The van der Waals surface area contributed by atoms with Crippen molar-refractivity contribution in [3.8, 4) is 12.3 Å². The third-order valence-corrected chi connectivity index (χ3v) is 3.24. The number of carboxylic acid groups (broad SMARTS) is 1. The summed E-state index contributed by atoms with van der Waals surface area (Å²) in [6.45, 7) is 1.50. The molecule has 1 heterocycles. The number of nitrogens with zero attached hydrogens (tertiary/aromatic N) is 1. The van der Waals surface area contributed by atoms with Gasteiger partial charge in [0, 0.05) is 26.1 Å². The third kappa shape index (κ3) is 3.09. The molecule has 0 radical (unpaired) electrons. The lowest BCUT2D eigenvalue weighted by Crippen LogP contribution is -2.36. The monoisotopic (exact) mass is 272 g/mol. The molecule has 2 rings (SSSR count). The molecule has 0 bridgehead atoms. The van der Waals surface area contributed by atoms with Gasteiger partial charge in [0.05, 0.1) is 5.56 Å². The van der Waals surface area contributed by atoms with Gasteiger partial charge in [-0.05, 0) is 29.7 Å². The average molecular weight is 272 g/mol. The van der Waals surface area contributed by atoms with Crippen LogP contribution < -0.4 is 5.32 Å². The summed E-state index contributed by atoms with van der Waals surface area (Å²) in [5.74, 6) is 1.57. The van der Waals surface area contributed by atoms with E-state index in [1.54, 1.807) is 23.1 Å². The Morgan fingerprint density at radius 1 is 1.35 bits per heavy atom. The van der Waals surface area contributed by atoms with Crippen LogP contribution in [0.3, 0.4) is 0 Å². The smallest absolute Gasteiger partial charge is 0.335 e. The summed E-state index contributed by atoms with van der Waals surface area (Å²) < 4.78 is 0. The number of carboxylic acids is 1. The predicted molar refractivity (Wildman–Crippen MR) is 74.1 cm³/mol. The maximum absolute atomic E-state index is 11.9. The van der Waals surface area contributed by atoms with E-state index in [1.807, 2.05) is 0 Å². The van der Waals surface area contributed by atoms with Gasteiger partial charge in [0.25, 0.3) is 0 Å². The van der Waals surface area contributed by atoms with Gasteiger partial charge in [-0.2, -0.15) is 0 Å². The number of hydrogen-bond acceptors (Lipinski definition) is 2. The summed E-state index contributed by atoms with van der Waals surface area (Å²) in [6.07, 6.45) is 6.54. The number of urea groups is 1. The highest BCUT2D eigenvalue weighted by Gasteiger charge is 2.23. The van der Waals surface area contributed by atoms with Gasteiger partial charge in [0.15, 0.2) is 0 Å². The predicted octanol–water partition coefficient (Wildman–Crippen LogP) is 1.82. The van der Waals surface area contributed by atoms with Crippen molar-refractivity contribution in [2.45, 2.75) is 25.9 Å². The Hall–Kier alpha value is -2.48. The molecule has 0 saturated heterocycles. The minimum absolute atomic E-state index is 0.143. The zero-order valence-corrected chi connectivity index (χ0v) is 11.1. The number of fused-ring (bicyclic) bond motifs is 1. The van der Waals surface area contributed by atoms with Crippen LogP contribution in [0.1, 0.15) is 34.3 Å². The number of rotatable bonds is 4. The third-order valence-electron chi connectivity index (χ3n) is 3.24. The van der Waals surface area contributed by atoms with Crippen molar-refractivity contribution in [1.82, 2.24) is 10.2 Å². The summed E-state index contributed by atoms with van der Waals surface area (Å²) in [4.78, 5) is 24.5. The van der Waals surface area contributed by atoms with E-state index in [4.69, 9.17) is 11.5 Å². The molecular formula is C15H16N2O3. The largest absolute Gasteiger partial charge is 0.478 e. The lowest BCUT2D eigenvalue weighted by molar-refractivity contribution is 0.0696. The number of benzene rings is 1. The maximum Gasteiger partial charge on any atom is 0.335 e. The molecule has 5 heteroatoms. The van der Waals surface area contributed by atoms with Crippen molar-refractivity contribution < 1.29 is 14.7 Å². The molecule has 0 unspecified atom stereocenters. The van der Waals surface area contributed by atoms with Crippen molar-refractivity contribution in [3.63, 3.8) is 0 Å². The molecule has 0 fully saturated rings. The Bertz CT molecular complexity index is 575. The summed E-state index contributed by atoms with van der Waals surface area (Å²) in [5.41, 5.74) is 2.14. The second-order valence-corrected chi connectivity index (χ2v) is 4.68. The van der Waals surface area contributed by atoms with Crippen molar-refractivity contribution >= 4 is 12.0 Å². The molecule has 0 atom stereocenters. The van der Waals surface area contributed by atoms with Gasteiger partial charge in [0.1, 0.15) is 0 Å². The number of terminal acetylenes is 1. The van der Waals surface area contributed by atoms with Crippen molar-refractivity contribution in [3.05, 3.63) is 34.9 Å². The molecule has 2 amide bonds. The fraction of sp³-hybridized carbons (Fsp3) is 0.333. The standard InChI is InChI=1S/C15H16N2O3/c1-2-3-4-7-16-15(20)17-9-12-6-5-11(14(18)19)8-13(12)10-17/h1,5-6,8H,3-4,7,9-10H2,(H,16,20)(H,18,19). The summed E-state index contributed by atoms with van der Waals surface area (Å²) in [6, 6.07) is 4.82. The summed E-state index contributed by atoms with van der Waals surface area (Å²) >= 11 is 0. The van der Waals surface area contributed by atoms with Gasteiger partial charge in [-0.15, -0.1) is 12.3 Å². The highest BCUT2D eigenvalue weighted by Crippen LogP contribution is 2.23. The molecular weight excluding hydrogens is 256 g/mol. The van der Waals surface area contributed by atoms with Crippen LogP contribution in [0.4, 0.5) is 4.79 Å². The first-order valence-corrected chi connectivity index (χ1v) is 6.43. The summed E-state index contributed by atoms with van der Waals surface area (Å²) in [5, 5.41) is 11.8. The molecule has 2 N–H and O–H groups in total. The van der Waals surface area contributed by atoms with Gasteiger partial charge in [-0.25, -0.2) is 9.59 Å². The van der Waals surface area contributed by atoms with Crippen LogP contribution in [0.15, 0.2) is 18.2 Å². The van der Waals surface area contributed by atoms with E-state index in [0.717, 1.165) is 17.5 Å². The first-order valence-electron chi connectivity index (χ1n) is 6.43. The Kier molecular flexibility index (Phi) is 4.26. The Morgan fingerprint density at radius 2 is 2.10 bits per heavy atom. The first-order chi connectivity index (χ1) is 9.61. The Balaban J connectivity index is 1.94. The van der Waals surface area contributed by atoms with E-state index in [2.05, 4.69) is 11.2 Å². The molecule has 1 aromatic carbocycles. The fourth-order valence-corrected chi connectivity index (χ4v) is 2.17. The van der Waals surface area contributed by atoms with E-state index in [1.165, 1.54) is 0 Å². The van der Waals surface area contributed by atoms with Crippen LogP contribution in [-0.2, 0) is 13.1 Å². The number of aromatic carboxylic acids is 1. The van der Waals surface area contributed by atoms with Crippen LogP contribution in [0, 0.1) is 12.3 Å². The Morgan fingerprint density at radius 3 is 2.80 bits per heavy atom. The molecule has 1 aliphatic heterocycles. The lowest BCUT2D eigenvalue weighted by Gasteiger charge is -2.16. The summed E-state index contributed by atoms with van der Waals surface area (Å²) in [7, 11) is 0. The molecule has 20 heavy (non-hydrogen) atoms. The SMILES string of the molecule is C#CCCCNC(=O)N1Cc2ccc(C(=O)O)cc2C1. The number of nitrogens with one attached hydrogen (secondary N) is 1. The number of carbonyl (C=O) groups is 2. The van der Waals surface area contributed by atoms with Crippen LogP contribution in [0.25, 0.3) is 0 Å². The molecule has 0 aromatic heterocycles. The van der Waals surface area contributed by atoms with E-state index >= 15 is 0 Å². The number of unbranched alkanes of at least 4 members (excludes halogenated alkanes) is 1. The average Bonchev–Trinajstić information content (AvgIpc) is 2.86. The first kappa shape index (κ1) is 13.9. The molecule has 5 nitrogen and oxygen atoms in total. The minimum atomic E-state index is -0.954. The normalized spacial score (nSPS) is 12.7. The van der Waals surface area contributed by atoms with Crippen LogP contribution >= 0.6 is 0 Å². The minimum Gasteiger partial charge on any atom is -0.478 e. The van der Waals surface area contributed by atoms with Gasteiger partial charge >= 0.3 is 12.0 Å². The van der Waals surface area contributed by atoms with Crippen molar-refractivity contribution in [1.29, 1.82) is 0 Å². The number of amides is 2. The Labute approximate surface area is 117 Å². The molecule has 104 valence electrons. The van der Waals surface area contributed by atoms with E-state index in [9.17, 15) is 9.59 Å². The molecule has 0 aliphatic carbocycles. The highest BCUT2D eigenvalue weighted by molar-refractivity contribution is 5.88. The second kappa shape index (κ2) is 6.11. The molecule has 1 aliphatic rings. The van der Waals surface area contributed by atoms with Crippen LogP contribution in [-0.4, -0.2) is 28.6 Å². The molecule has 0 saturated carbocycles. The van der Waals surface area contributed by atoms with Crippen molar-refractivity contribution in [2.24, 2.45) is 0 Å². The maximum atomic E-state index is 11.9. The topological polar surface area (TPSA) is 69.6 Å². The quantitative estimate of drug-likeness (QED) is 0.649. The number of carbonyl (C=O) groups excluding carboxylic acids is 1. The van der Waals surface area contributed by atoms with E-state index in [0.29, 0.717) is 26.1 Å². The van der Waals surface area contributed by atoms with Gasteiger partial charge < -0.3 is 15.3 Å². The molecule has 0 spiro atoms. The van der Waals surface area contributed by atoms with Gasteiger partial charge in [0.2, 0.25) is 0 Å². The fourth-order valence-electron chi connectivity index (χ4n) is 2.17. The zero-order valence-electron chi connectivity index (χ0n) is 11.1. The lowest BCUT2D eigenvalue weighted by atomic mass is 10.1. The van der Waals surface area contributed by atoms with Gasteiger partial charge in [-0.3, -0.25) is 0 Å². The van der Waals surface area contributed by atoms with Crippen molar-refractivity contribution in [2.75, 3.05) is 6.54 Å². The van der Waals surface area contributed by atoms with Gasteiger partial charge in [-0.1, -0.05) is 6.07 Å².